The molecule has 0 aliphatic heterocycles. The van der Waals surface area contributed by atoms with Gasteiger partial charge >= 0.3 is 0 Å². The Morgan fingerprint density at radius 2 is 1.44 bits per heavy atom. The first kappa shape index (κ1) is 28.1. The lowest BCUT2D eigenvalue weighted by Crippen LogP contribution is -2.05. The maximum absolute atomic E-state index is 11.6. The predicted molar refractivity (Wildman–Crippen MR) is 139 cm³/mol. The highest BCUT2D eigenvalue weighted by Crippen LogP contribution is 2.32. The van der Waals surface area contributed by atoms with Crippen LogP contribution >= 0.6 is 12.2 Å². The molecule has 0 aliphatic carbocycles. The molecule has 3 rings (SSSR count). The molecule has 0 radical (unpaired) electrons. The van der Waals surface area contributed by atoms with Gasteiger partial charge in [0.2, 0.25) is 0 Å². The van der Waals surface area contributed by atoms with Crippen molar-refractivity contribution in [2.75, 3.05) is 28.4 Å². The van der Waals surface area contributed by atoms with Gasteiger partial charge in [0.1, 0.15) is 16.5 Å². The Morgan fingerprint density at radius 1 is 0.889 bits per heavy atom. The highest BCUT2D eigenvalue weighted by molar-refractivity contribution is 7.71. The Hall–Kier alpha value is -4.16. The zero-order valence-corrected chi connectivity index (χ0v) is 21.9. The van der Waals surface area contributed by atoms with Gasteiger partial charge in [-0.15, -0.1) is 0 Å². The number of ketones is 2. The molecular weight excluding hydrogens is 480 g/mol. The van der Waals surface area contributed by atoms with Crippen molar-refractivity contribution in [3.63, 3.8) is 0 Å². The zero-order valence-electron chi connectivity index (χ0n) is 21.1. The molecule has 1 aromatic heterocycles. The number of pyridine rings is 1. The van der Waals surface area contributed by atoms with Gasteiger partial charge in [0, 0.05) is 16.8 Å². The number of hydrogen-bond acceptors (Lipinski definition) is 8. The fourth-order valence-electron chi connectivity index (χ4n) is 3.32. The van der Waals surface area contributed by atoms with E-state index in [9.17, 15) is 9.59 Å². The molecule has 0 fully saturated rings. The summed E-state index contributed by atoms with van der Waals surface area (Å²) in [5.74, 6) is 1.98. The van der Waals surface area contributed by atoms with Crippen LogP contribution in [0.25, 0.3) is 11.3 Å². The van der Waals surface area contributed by atoms with Crippen molar-refractivity contribution in [3.05, 3.63) is 63.8 Å². The number of rotatable bonds is 8. The van der Waals surface area contributed by atoms with Crippen molar-refractivity contribution >= 4 is 23.8 Å². The van der Waals surface area contributed by atoms with Crippen molar-refractivity contribution in [2.45, 2.75) is 20.3 Å². The topological polar surface area (TPSA) is 111 Å². The molecule has 188 valence electrons. The smallest absolute Gasteiger partial charge is 0.170 e. The van der Waals surface area contributed by atoms with E-state index >= 15 is 0 Å². The van der Waals surface area contributed by atoms with Crippen LogP contribution in [-0.4, -0.2) is 45.0 Å². The Labute approximate surface area is 215 Å². The number of methoxy groups -OCH3 is 4. The molecule has 0 saturated heterocycles. The summed E-state index contributed by atoms with van der Waals surface area (Å²) in [5.41, 5.74) is 3.56. The number of benzene rings is 2. The van der Waals surface area contributed by atoms with E-state index in [-0.39, 0.29) is 18.0 Å². The number of aryl methyl sites for hydroxylation is 1. The lowest BCUT2D eigenvalue weighted by atomic mass is 10.1. The Kier molecular flexibility index (Phi) is 10.2. The number of aromatic amines is 1. The second kappa shape index (κ2) is 13.1. The van der Waals surface area contributed by atoms with E-state index in [0.717, 1.165) is 16.8 Å². The number of Topliss-reactive ketones (excluding diaryl/α,β-unsaturated/α-hetero) is 2. The van der Waals surface area contributed by atoms with Crippen LogP contribution in [0.15, 0.2) is 42.5 Å². The van der Waals surface area contributed by atoms with Crippen LogP contribution in [0.3, 0.4) is 0 Å². The third kappa shape index (κ3) is 6.93. The van der Waals surface area contributed by atoms with E-state index in [1.807, 2.05) is 31.2 Å². The first-order chi connectivity index (χ1) is 17.2. The number of nitrogens with zero attached hydrogens (tertiary/aromatic N) is 1. The van der Waals surface area contributed by atoms with Crippen LogP contribution in [-0.2, 0) is 4.79 Å². The largest absolute Gasteiger partial charge is 0.493 e. The third-order valence-electron chi connectivity index (χ3n) is 5.15. The van der Waals surface area contributed by atoms with Crippen LogP contribution < -0.4 is 18.9 Å². The summed E-state index contributed by atoms with van der Waals surface area (Å²) < 4.78 is 21.1. The molecule has 0 bridgehead atoms. The molecule has 0 spiro atoms. The molecule has 36 heavy (non-hydrogen) atoms. The maximum Gasteiger partial charge on any atom is 0.170 e. The van der Waals surface area contributed by atoms with Crippen molar-refractivity contribution in [1.29, 1.82) is 5.26 Å². The number of hydrogen-bond donors (Lipinski definition) is 1. The molecule has 0 unspecified atom stereocenters. The molecule has 1 N–H and O–H groups in total. The molecule has 0 saturated carbocycles. The SMILES string of the molecule is COc1ccc(-c2cc(C)c(C#N)c(=S)[nH]2)cc1OC.COc1ccc(C(=O)CC(C)=O)cc1OC. The van der Waals surface area contributed by atoms with E-state index in [2.05, 4.69) is 11.1 Å². The molecule has 0 atom stereocenters. The predicted octanol–water partition coefficient (Wildman–Crippen LogP) is 5.47. The van der Waals surface area contributed by atoms with E-state index in [4.69, 9.17) is 36.4 Å². The minimum Gasteiger partial charge on any atom is -0.493 e. The molecule has 2 aromatic carbocycles. The monoisotopic (exact) mass is 508 g/mol. The quantitative estimate of drug-likeness (QED) is 0.242. The first-order valence-electron chi connectivity index (χ1n) is 10.8. The molecule has 0 amide bonds. The highest BCUT2D eigenvalue weighted by atomic mass is 32.1. The Morgan fingerprint density at radius 3 is 1.94 bits per heavy atom. The average molecular weight is 509 g/mol. The van der Waals surface area contributed by atoms with Crippen molar-refractivity contribution in [3.8, 4) is 40.3 Å². The standard InChI is InChI=1S/C15H14N2O2S.C12H14O4/c1-9-6-12(17-15(20)11(9)8-16)10-4-5-13(18-2)14(7-10)19-3;1-8(13)6-10(14)9-4-5-11(15-2)12(7-9)16-3/h4-7H,1-3H3,(H,17,20);4-5,7H,6H2,1-3H3. The molecular formula is C27H28N2O6S. The van der Waals surface area contributed by atoms with Gasteiger partial charge in [-0.2, -0.15) is 5.26 Å². The molecule has 9 heteroatoms. The van der Waals surface area contributed by atoms with Gasteiger partial charge in [-0.25, -0.2) is 0 Å². The van der Waals surface area contributed by atoms with Crippen LogP contribution in [0.1, 0.15) is 34.8 Å². The lowest BCUT2D eigenvalue weighted by molar-refractivity contribution is -0.116. The molecule has 3 aromatic rings. The Bertz CT molecular complexity index is 1360. The van der Waals surface area contributed by atoms with Gasteiger partial charge in [-0.3, -0.25) is 9.59 Å². The fourth-order valence-corrected chi connectivity index (χ4v) is 3.64. The van der Waals surface area contributed by atoms with Crippen molar-refractivity contribution < 1.29 is 28.5 Å². The summed E-state index contributed by atoms with van der Waals surface area (Å²) in [5, 5.41) is 9.04. The second-order valence-corrected chi connectivity index (χ2v) is 8.03. The minimum atomic E-state index is -0.214. The second-order valence-electron chi connectivity index (χ2n) is 7.62. The van der Waals surface area contributed by atoms with Gasteiger partial charge in [-0.1, -0.05) is 12.2 Å². The fraction of sp³-hybridized carbons (Fsp3) is 0.259. The average Bonchev–Trinajstić information content (AvgIpc) is 2.87. The van der Waals surface area contributed by atoms with E-state index < -0.39 is 0 Å². The summed E-state index contributed by atoms with van der Waals surface area (Å²) in [6, 6.07) is 14.4. The van der Waals surface area contributed by atoms with Gasteiger partial charge < -0.3 is 23.9 Å². The summed E-state index contributed by atoms with van der Waals surface area (Å²) in [7, 11) is 6.21. The number of aromatic nitrogens is 1. The summed E-state index contributed by atoms with van der Waals surface area (Å²) in [6.45, 7) is 3.26. The Balaban J connectivity index is 0.000000261. The molecule has 0 aliphatic rings. The van der Waals surface area contributed by atoms with Crippen LogP contribution in [0, 0.1) is 22.9 Å². The number of carbonyl (C=O) groups excluding carboxylic acids is 2. The zero-order chi connectivity index (χ0) is 26.8. The maximum atomic E-state index is 11.6. The highest BCUT2D eigenvalue weighted by Gasteiger charge is 2.12. The van der Waals surface area contributed by atoms with Crippen molar-refractivity contribution in [2.24, 2.45) is 0 Å². The number of nitrogens with one attached hydrogen (secondary N) is 1. The third-order valence-corrected chi connectivity index (χ3v) is 5.46. The van der Waals surface area contributed by atoms with E-state index in [1.54, 1.807) is 32.4 Å². The van der Waals surface area contributed by atoms with Gasteiger partial charge in [0.25, 0.3) is 0 Å². The van der Waals surface area contributed by atoms with Gasteiger partial charge in [0.15, 0.2) is 28.8 Å². The normalized spacial score (nSPS) is 9.81. The van der Waals surface area contributed by atoms with Crippen molar-refractivity contribution in [1.82, 2.24) is 4.98 Å². The van der Waals surface area contributed by atoms with Crippen LogP contribution in [0.4, 0.5) is 0 Å². The summed E-state index contributed by atoms with van der Waals surface area (Å²) >= 11 is 5.20. The number of H-pyrrole nitrogens is 1. The molecule has 8 nitrogen and oxygen atoms in total. The summed E-state index contributed by atoms with van der Waals surface area (Å²) in [4.78, 5) is 25.5. The lowest BCUT2D eigenvalue weighted by Gasteiger charge is -2.10. The van der Waals surface area contributed by atoms with Gasteiger partial charge in [0.05, 0.1) is 40.4 Å². The number of ether oxygens (including phenoxy) is 4. The van der Waals surface area contributed by atoms with Crippen LogP contribution in [0.2, 0.25) is 0 Å². The van der Waals surface area contributed by atoms with E-state index in [0.29, 0.717) is 38.8 Å². The molecule has 1 heterocycles. The number of nitriles is 1. The van der Waals surface area contributed by atoms with Crippen LogP contribution in [0.5, 0.6) is 23.0 Å². The first-order valence-corrected chi connectivity index (χ1v) is 11.2. The minimum absolute atomic E-state index is 0.0878. The van der Waals surface area contributed by atoms with E-state index in [1.165, 1.54) is 21.1 Å². The number of carbonyl (C=O) groups is 2. The van der Waals surface area contributed by atoms with Gasteiger partial charge in [-0.05, 0) is 61.9 Å². The summed E-state index contributed by atoms with van der Waals surface area (Å²) in [6.07, 6.45) is -0.0878.